The first-order chi connectivity index (χ1) is 15.7. The third-order valence-corrected chi connectivity index (χ3v) is 7.60. The van der Waals surface area contributed by atoms with Gasteiger partial charge >= 0.3 is 0 Å². The molecule has 8 nitrogen and oxygen atoms in total. The van der Waals surface area contributed by atoms with E-state index in [0.717, 1.165) is 35.0 Å². The number of benzene rings is 1. The number of aromatic nitrogens is 4. The number of hydrogen-bond donors (Lipinski definition) is 4. The predicted octanol–water partition coefficient (Wildman–Crippen LogP) is 4.53. The Morgan fingerprint density at radius 3 is 2.52 bits per heavy atom. The average molecular weight is 483 g/mol. The third-order valence-electron chi connectivity index (χ3n) is 5.25. The first kappa shape index (κ1) is 23.5. The van der Waals surface area contributed by atoms with E-state index in [2.05, 4.69) is 30.8 Å². The number of hydrogen-bond acceptors (Lipinski definition) is 8. The second-order valence-corrected chi connectivity index (χ2v) is 14.3. The van der Waals surface area contributed by atoms with E-state index in [1.165, 1.54) is 11.8 Å². The maximum absolute atomic E-state index is 12.1. The highest BCUT2D eigenvalue weighted by atomic mass is 32.2. The molecule has 0 atom stereocenters. The molecule has 1 aliphatic carbocycles. The highest BCUT2D eigenvalue weighted by Crippen LogP contribution is 2.32. The molecule has 3 aromatic rings. The third kappa shape index (κ3) is 7.41. The smallest absolute Gasteiger partial charge is 0.196 e. The lowest BCUT2D eigenvalue weighted by atomic mass is 10.1. The molecule has 0 spiro atoms. The standard InChI is InChI=1S/C23H30N6O2SSi/c1-15-12-22(29-28-15)25-21-14-20(24-10-11-33(2,3)31)26-23(27-21)32-18-8-4-16(5-9-18)13-19(30)17-6-7-17/h4-5,8-9,12,14,17,31H,6-7,10-11,13H2,1-3H3,(H3,24,25,26,27,28,29). The number of aryl methyl sites for hydroxylation is 1. The van der Waals surface area contributed by atoms with E-state index in [-0.39, 0.29) is 5.92 Å². The second-order valence-electron chi connectivity index (χ2n) is 9.13. The predicted molar refractivity (Wildman–Crippen MR) is 134 cm³/mol. The summed E-state index contributed by atoms with van der Waals surface area (Å²) >= 11 is 1.46. The summed E-state index contributed by atoms with van der Waals surface area (Å²) in [6, 6.07) is 12.5. The molecule has 4 N–H and O–H groups in total. The van der Waals surface area contributed by atoms with Gasteiger partial charge in [0.25, 0.3) is 0 Å². The van der Waals surface area contributed by atoms with Crippen molar-refractivity contribution in [1.82, 2.24) is 20.2 Å². The number of ketones is 1. The van der Waals surface area contributed by atoms with Crippen molar-refractivity contribution < 1.29 is 9.59 Å². The maximum atomic E-state index is 12.1. The molecule has 1 fully saturated rings. The maximum Gasteiger partial charge on any atom is 0.196 e. The zero-order valence-corrected chi connectivity index (χ0v) is 21.0. The summed E-state index contributed by atoms with van der Waals surface area (Å²) in [5, 5.41) is 14.3. The Kier molecular flexibility index (Phi) is 7.16. The van der Waals surface area contributed by atoms with Gasteiger partial charge in [0, 0.05) is 41.6 Å². The van der Waals surface area contributed by atoms with E-state index < -0.39 is 8.32 Å². The van der Waals surface area contributed by atoms with Gasteiger partial charge in [0.2, 0.25) is 0 Å². The Balaban J connectivity index is 1.48. The number of Topliss-reactive ketones (excluding diaryl/α,β-unsaturated/α-hetero) is 1. The number of H-pyrrole nitrogens is 1. The van der Waals surface area contributed by atoms with Gasteiger partial charge in [-0.15, -0.1) is 0 Å². The monoisotopic (exact) mass is 482 g/mol. The lowest BCUT2D eigenvalue weighted by Crippen LogP contribution is -2.27. The first-order valence-corrected chi connectivity index (χ1v) is 15.1. The molecule has 174 valence electrons. The van der Waals surface area contributed by atoms with Gasteiger partial charge in [0.05, 0.1) is 0 Å². The highest BCUT2D eigenvalue weighted by Gasteiger charge is 2.29. The van der Waals surface area contributed by atoms with Crippen LogP contribution in [0.1, 0.15) is 24.1 Å². The topological polar surface area (TPSA) is 116 Å². The number of rotatable bonds is 11. The Hall–Kier alpha value is -2.69. The van der Waals surface area contributed by atoms with Crippen LogP contribution in [0.25, 0.3) is 0 Å². The largest absolute Gasteiger partial charge is 0.432 e. The molecule has 1 saturated carbocycles. The van der Waals surface area contributed by atoms with Crippen molar-refractivity contribution in [3.63, 3.8) is 0 Å². The van der Waals surface area contributed by atoms with Gasteiger partial charge < -0.3 is 15.4 Å². The van der Waals surface area contributed by atoms with Crippen LogP contribution in [-0.4, -0.2) is 45.6 Å². The molecular weight excluding hydrogens is 452 g/mol. The summed E-state index contributed by atoms with van der Waals surface area (Å²) in [6.45, 7) is 6.42. The zero-order valence-electron chi connectivity index (χ0n) is 19.2. The second kappa shape index (κ2) is 10.1. The minimum absolute atomic E-state index is 0.283. The molecule has 0 bridgehead atoms. The van der Waals surface area contributed by atoms with Crippen molar-refractivity contribution in [2.24, 2.45) is 5.92 Å². The number of carbonyl (C=O) groups is 1. The van der Waals surface area contributed by atoms with Crippen LogP contribution in [0.5, 0.6) is 0 Å². The Morgan fingerprint density at radius 2 is 1.88 bits per heavy atom. The van der Waals surface area contributed by atoms with Gasteiger partial charge in [-0.3, -0.25) is 9.89 Å². The lowest BCUT2D eigenvalue weighted by Gasteiger charge is -2.15. The van der Waals surface area contributed by atoms with Crippen LogP contribution in [0.3, 0.4) is 0 Å². The number of carbonyl (C=O) groups excluding carboxylic acids is 1. The molecule has 2 aromatic heterocycles. The van der Waals surface area contributed by atoms with Crippen molar-refractivity contribution in [3.05, 3.63) is 47.7 Å². The summed E-state index contributed by atoms with van der Waals surface area (Å²) in [4.78, 5) is 32.5. The number of anilines is 3. The Bertz CT molecular complexity index is 1110. The van der Waals surface area contributed by atoms with Crippen LogP contribution in [0.2, 0.25) is 19.1 Å². The van der Waals surface area contributed by atoms with E-state index in [1.54, 1.807) is 0 Å². The van der Waals surface area contributed by atoms with Gasteiger partial charge in [-0.1, -0.05) is 12.1 Å². The van der Waals surface area contributed by atoms with E-state index in [0.29, 0.717) is 41.4 Å². The van der Waals surface area contributed by atoms with Crippen LogP contribution in [0.4, 0.5) is 17.5 Å². The molecule has 0 radical (unpaired) electrons. The Labute approximate surface area is 199 Å². The van der Waals surface area contributed by atoms with E-state index in [4.69, 9.17) is 0 Å². The van der Waals surface area contributed by atoms with E-state index in [1.807, 2.05) is 56.4 Å². The van der Waals surface area contributed by atoms with E-state index in [9.17, 15) is 9.59 Å². The normalized spacial score (nSPS) is 13.7. The average Bonchev–Trinajstić information content (AvgIpc) is 3.51. The van der Waals surface area contributed by atoms with Crippen LogP contribution in [-0.2, 0) is 11.2 Å². The first-order valence-electron chi connectivity index (χ1n) is 11.2. The fourth-order valence-electron chi connectivity index (χ4n) is 3.27. The van der Waals surface area contributed by atoms with Crippen molar-refractivity contribution >= 4 is 43.3 Å². The van der Waals surface area contributed by atoms with Gasteiger partial charge in [-0.2, -0.15) is 5.10 Å². The highest BCUT2D eigenvalue weighted by molar-refractivity contribution is 7.99. The molecule has 1 aliphatic rings. The van der Waals surface area contributed by atoms with Crippen LogP contribution in [0.15, 0.2) is 46.5 Å². The number of nitrogens with one attached hydrogen (secondary N) is 3. The minimum Gasteiger partial charge on any atom is -0.432 e. The summed E-state index contributed by atoms with van der Waals surface area (Å²) < 4.78 is 0. The van der Waals surface area contributed by atoms with Crippen LogP contribution >= 0.6 is 11.8 Å². The molecular formula is C23H30N6O2SSi. The van der Waals surface area contributed by atoms with Crippen LogP contribution in [0, 0.1) is 12.8 Å². The lowest BCUT2D eigenvalue weighted by molar-refractivity contribution is -0.119. The summed E-state index contributed by atoms with van der Waals surface area (Å²) in [5.41, 5.74) is 1.99. The zero-order chi connectivity index (χ0) is 23.4. The van der Waals surface area contributed by atoms with Crippen molar-refractivity contribution in [1.29, 1.82) is 0 Å². The van der Waals surface area contributed by atoms with Gasteiger partial charge in [-0.05, 0) is 68.4 Å². The molecule has 33 heavy (non-hydrogen) atoms. The molecule has 2 heterocycles. The number of nitrogens with zero attached hydrogens (tertiary/aromatic N) is 3. The Morgan fingerprint density at radius 1 is 1.15 bits per heavy atom. The van der Waals surface area contributed by atoms with Crippen molar-refractivity contribution in [2.45, 2.75) is 55.4 Å². The van der Waals surface area contributed by atoms with E-state index >= 15 is 0 Å². The molecule has 0 aliphatic heterocycles. The van der Waals surface area contributed by atoms with Gasteiger partial charge in [-0.25, -0.2) is 9.97 Å². The summed E-state index contributed by atoms with van der Waals surface area (Å²) in [5.74, 6) is 2.63. The molecule has 0 saturated heterocycles. The quantitative estimate of drug-likeness (QED) is 0.233. The van der Waals surface area contributed by atoms with Crippen molar-refractivity contribution in [3.8, 4) is 0 Å². The number of aromatic amines is 1. The molecule has 1 aromatic carbocycles. The molecule has 4 rings (SSSR count). The summed E-state index contributed by atoms with van der Waals surface area (Å²) in [6.07, 6.45) is 2.59. The summed E-state index contributed by atoms with van der Waals surface area (Å²) in [7, 11) is -2.14. The molecule has 0 unspecified atom stereocenters. The fraction of sp³-hybridized carbons (Fsp3) is 0.391. The molecule has 10 heteroatoms. The van der Waals surface area contributed by atoms with Gasteiger partial charge in [0.1, 0.15) is 17.4 Å². The molecule has 0 amide bonds. The minimum atomic E-state index is -2.14. The fourth-order valence-corrected chi connectivity index (χ4v) is 4.77. The van der Waals surface area contributed by atoms with Crippen molar-refractivity contribution in [2.75, 3.05) is 17.2 Å². The SMILES string of the molecule is Cc1cc(Nc2cc(NCC[Si](C)(C)O)nc(Sc3ccc(CC(=O)C4CC4)cc3)n2)n[nH]1. The van der Waals surface area contributed by atoms with Crippen LogP contribution < -0.4 is 10.6 Å². The van der Waals surface area contributed by atoms with Gasteiger partial charge in [0.15, 0.2) is 19.3 Å².